The van der Waals surface area contributed by atoms with Crippen LogP contribution in [-0.4, -0.2) is 25.2 Å². The fourth-order valence-electron chi connectivity index (χ4n) is 2.18. The summed E-state index contributed by atoms with van der Waals surface area (Å²) in [4.78, 5) is 15.1. The number of nitrogens with zero attached hydrogens (tertiary/aromatic N) is 1. The van der Waals surface area contributed by atoms with Gasteiger partial charge >= 0.3 is 15.6 Å². The highest BCUT2D eigenvalue weighted by Gasteiger charge is 2.49. The molecule has 1 heterocycles. The molecule has 9 heteroatoms. The highest BCUT2D eigenvalue weighted by Crippen LogP contribution is 2.34. The summed E-state index contributed by atoms with van der Waals surface area (Å²) in [5.41, 5.74) is -5.32. The Labute approximate surface area is 130 Å². The monoisotopic (exact) mass is 347 g/mol. The van der Waals surface area contributed by atoms with E-state index in [-0.39, 0.29) is 23.3 Å². The van der Waals surface area contributed by atoms with Crippen molar-refractivity contribution in [3.63, 3.8) is 0 Å². The predicted molar refractivity (Wildman–Crippen MR) is 76.8 cm³/mol. The van der Waals surface area contributed by atoms with Gasteiger partial charge in [-0.15, -0.1) is 0 Å². The lowest BCUT2D eigenvalue weighted by Crippen LogP contribution is -2.29. The molecule has 0 amide bonds. The summed E-state index contributed by atoms with van der Waals surface area (Å²) in [6.45, 7) is 3.44. The molecule has 0 aliphatic heterocycles. The fraction of sp³-hybridized carbons (Fsp3) is 0.286. The smallest absolute Gasteiger partial charge is 0.354 e. The SMILES string of the molecule is CC(C)c1c(C=O)c(OS(=O)(=O)C(F)(F)F)nc2ccccc12. The summed E-state index contributed by atoms with van der Waals surface area (Å²) in [6.07, 6.45) is 0.246. The molecule has 0 saturated carbocycles. The molecule has 0 N–H and O–H groups in total. The molecular formula is C14H12F3NO4S. The zero-order valence-corrected chi connectivity index (χ0v) is 12.9. The molecule has 23 heavy (non-hydrogen) atoms. The maximum atomic E-state index is 12.5. The molecule has 2 aromatic rings. The Morgan fingerprint density at radius 2 is 1.83 bits per heavy atom. The van der Waals surface area contributed by atoms with Crippen LogP contribution >= 0.6 is 0 Å². The number of benzene rings is 1. The molecule has 0 unspecified atom stereocenters. The van der Waals surface area contributed by atoms with Crippen LogP contribution in [0, 0.1) is 0 Å². The van der Waals surface area contributed by atoms with E-state index in [1.807, 2.05) is 0 Å². The summed E-state index contributed by atoms with van der Waals surface area (Å²) in [5.74, 6) is -1.14. The van der Waals surface area contributed by atoms with E-state index in [0.29, 0.717) is 10.9 Å². The standard InChI is InChI=1S/C14H12F3NO4S/c1-8(2)12-9-5-3-4-6-11(9)18-13(10(12)7-19)22-23(20,21)14(15,16)17/h3-8H,1-2H3. The van der Waals surface area contributed by atoms with Crippen molar-refractivity contribution in [3.05, 3.63) is 35.4 Å². The molecule has 5 nitrogen and oxygen atoms in total. The van der Waals surface area contributed by atoms with Crippen molar-refractivity contribution in [1.29, 1.82) is 0 Å². The van der Waals surface area contributed by atoms with Crippen LogP contribution in [-0.2, 0) is 10.1 Å². The maximum absolute atomic E-state index is 12.5. The lowest BCUT2D eigenvalue weighted by molar-refractivity contribution is -0.0501. The Morgan fingerprint density at radius 1 is 1.22 bits per heavy atom. The number of carbonyl (C=O) groups excluding carboxylic acids is 1. The van der Waals surface area contributed by atoms with E-state index in [0.717, 1.165) is 0 Å². The van der Waals surface area contributed by atoms with Gasteiger partial charge in [-0.05, 0) is 17.5 Å². The van der Waals surface area contributed by atoms with Gasteiger partial charge in [0.25, 0.3) is 0 Å². The first-order chi connectivity index (χ1) is 10.6. The van der Waals surface area contributed by atoms with Gasteiger partial charge in [-0.1, -0.05) is 32.0 Å². The number of rotatable bonds is 4. The number of fused-ring (bicyclic) bond motifs is 1. The van der Waals surface area contributed by atoms with Crippen molar-refractivity contribution < 1.29 is 30.6 Å². The van der Waals surface area contributed by atoms with E-state index in [9.17, 15) is 26.4 Å². The quantitative estimate of drug-likeness (QED) is 0.481. The average molecular weight is 347 g/mol. The lowest BCUT2D eigenvalue weighted by atomic mass is 9.94. The summed E-state index contributed by atoms with van der Waals surface area (Å²) < 4.78 is 64.0. The van der Waals surface area contributed by atoms with Gasteiger partial charge in [0.1, 0.15) is 0 Å². The van der Waals surface area contributed by atoms with Gasteiger partial charge in [0.2, 0.25) is 5.88 Å². The Hall–Kier alpha value is -2.16. The van der Waals surface area contributed by atoms with Gasteiger partial charge in [-0.3, -0.25) is 4.79 Å². The Morgan fingerprint density at radius 3 is 2.35 bits per heavy atom. The van der Waals surface area contributed by atoms with Crippen molar-refractivity contribution in [2.24, 2.45) is 0 Å². The molecule has 0 bridgehead atoms. The first-order valence-corrected chi connectivity index (χ1v) is 7.88. The van der Waals surface area contributed by atoms with E-state index in [4.69, 9.17) is 0 Å². The summed E-state index contributed by atoms with van der Waals surface area (Å²) in [7, 11) is -5.92. The third-order valence-corrected chi connectivity index (χ3v) is 4.05. The second-order valence-electron chi connectivity index (χ2n) is 5.02. The number of carbonyl (C=O) groups is 1. The van der Waals surface area contributed by atoms with Crippen LogP contribution in [0.2, 0.25) is 0 Å². The number of halogens is 3. The van der Waals surface area contributed by atoms with Crippen LogP contribution in [0.25, 0.3) is 10.9 Å². The number of hydrogen-bond donors (Lipinski definition) is 0. The summed E-state index contributed by atoms with van der Waals surface area (Å²) in [6, 6.07) is 6.40. The lowest BCUT2D eigenvalue weighted by Gasteiger charge is -2.16. The van der Waals surface area contributed by atoms with Crippen LogP contribution in [0.15, 0.2) is 24.3 Å². The minimum Gasteiger partial charge on any atom is -0.354 e. The molecule has 0 aliphatic carbocycles. The van der Waals surface area contributed by atoms with Crippen LogP contribution < -0.4 is 4.18 Å². The van der Waals surface area contributed by atoms with E-state index in [2.05, 4.69) is 9.17 Å². The number of para-hydroxylation sites is 1. The Bertz CT molecular complexity index is 860. The molecule has 0 radical (unpaired) electrons. The number of pyridine rings is 1. The van der Waals surface area contributed by atoms with Gasteiger partial charge in [0.05, 0.1) is 11.1 Å². The number of aromatic nitrogens is 1. The molecule has 0 spiro atoms. The second-order valence-corrected chi connectivity index (χ2v) is 6.56. The largest absolute Gasteiger partial charge is 0.534 e. The van der Waals surface area contributed by atoms with Crippen molar-refractivity contribution in [2.75, 3.05) is 0 Å². The zero-order chi connectivity index (χ0) is 17.4. The molecule has 0 saturated heterocycles. The van der Waals surface area contributed by atoms with Crippen LogP contribution in [0.3, 0.4) is 0 Å². The Balaban J connectivity index is 2.77. The van der Waals surface area contributed by atoms with E-state index in [1.165, 1.54) is 6.07 Å². The fourth-order valence-corrected chi connectivity index (χ4v) is 2.61. The molecular weight excluding hydrogens is 335 g/mol. The average Bonchev–Trinajstić information content (AvgIpc) is 2.43. The number of alkyl halides is 3. The van der Waals surface area contributed by atoms with Crippen LogP contribution in [0.5, 0.6) is 5.88 Å². The summed E-state index contributed by atoms with van der Waals surface area (Å²) in [5, 5.41) is 0.543. The molecule has 2 rings (SSSR count). The van der Waals surface area contributed by atoms with Gasteiger partial charge < -0.3 is 4.18 Å². The van der Waals surface area contributed by atoms with Crippen molar-refractivity contribution in [3.8, 4) is 5.88 Å². The molecule has 1 aromatic carbocycles. The zero-order valence-electron chi connectivity index (χ0n) is 12.1. The van der Waals surface area contributed by atoms with E-state index < -0.39 is 21.5 Å². The minimum atomic E-state index is -5.92. The topological polar surface area (TPSA) is 73.3 Å². The second kappa shape index (κ2) is 5.80. The molecule has 0 fully saturated rings. The van der Waals surface area contributed by atoms with Crippen LogP contribution in [0.4, 0.5) is 13.2 Å². The first kappa shape index (κ1) is 17.2. The number of hydrogen-bond acceptors (Lipinski definition) is 5. The highest BCUT2D eigenvalue weighted by atomic mass is 32.2. The van der Waals surface area contributed by atoms with E-state index >= 15 is 0 Å². The van der Waals surface area contributed by atoms with Crippen molar-refractivity contribution in [2.45, 2.75) is 25.3 Å². The first-order valence-electron chi connectivity index (χ1n) is 6.47. The van der Waals surface area contributed by atoms with Gasteiger partial charge in [0, 0.05) is 5.39 Å². The maximum Gasteiger partial charge on any atom is 0.534 e. The highest BCUT2D eigenvalue weighted by molar-refractivity contribution is 7.88. The molecule has 1 aromatic heterocycles. The normalized spacial score (nSPS) is 12.6. The van der Waals surface area contributed by atoms with Crippen molar-refractivity contribution >= 4 is 27.3 Å². The third kappa shape index (κ3) is 3.14. The van der Waals surface area contributed by atoms with Gasteiger partial charge in [-0.2, -0.15) is 21.6 Å². The molecule has 124 valence electrons. The Kier molecular flexibility index (Phi) is 4.34. The summed E-state index contributed by atoms with van der Waals surface area (Å²) >= 11 is 0. The van der Waals surface area contributed by atoms with Crippen LogP contribution in [0.1, 0.15) is 35.7 Å². The molecule has 0 aliphatic rings. The predicted octanol–water partition coefficient (Wildman–Crippen LogP) is 3.40. The van der Waals surface area contributed by atoms with Gasteiger partial charge in [0.15, 0.2) is 6.29 Å². The minimum absolute atomic E-state index is 0.231. The molecule has 0 atom stereocenters. The van der Waals surface area contributed by atoms with Crippen molar-refractivity contribution in [1.82, 2.24) is 4.98 Å². The third-order valence-electron chi connectivity index (χ3n) is 3.10. The number of aldehydes is 1. The van der Waals surface area contributed by atoms with Gasteiger partial charge in [-0.25, -0.2) is 4.98 Å². The van der Waals surface area contributed by atoms with E-state index in [1.54, 1.807) is 32.0 Å².